The van der Waals surface area contributed by atoms with Crippen molar-refractivity contribution in [3.8, 4) is 0 Å². The SMILES string of the molecule is C[C@@H]1CC[C@H]2[C@@H](C)[C@](OCCn3cc(CO[C@@]4(C(F)(F)F)O[C@@H]5O[C@]6(C)CC[C@H]7[C@H](C)CC[C@@H]([C@H]4C)[C@@]57OO6)nn3)(C(F)(F)F)O[C@@H]3O[C@]4(C)CC[C@@H]1[C@]32OO4. The number of hydrogen-bond donors (Lipinski definition) is 0. The van der Waals surface area contributed by atoms with Crippen molar-refractivity contribution < 1.29 is 74.3 Å². The molecule has 1 aromatic rings. The highest BCUT2D eigenvalue weighted by molar-refractivity contribution is 5.14. The number of rotatable bonds is 7. The first-order valence-electron chi connectivity index (χ1n) is 20.0. The summed E-state index contributed by atoms with van der Waals surface area (Å²) in [6.45, 7) is 8.84. The van der Waals surface area contributed by atoms with Gasteiger partial charge in [-0.2, -0.15) is 26.3 Å². The van der Waals surface area contributed by atoms with E-state index >= 15 is 26.3 Å². The molecule has 2 saturated carbocycles. The van der Waals surface area contributed by atoms with E-state index in [0.717, 1.165) is 0 Å². The Bertz CT molecular complexity index is 1670. The van der Waals surface area contributed by atoms with Crippen molar-refractivity contribution in [1.29, 1.82) is 0 Å². The molecule has 13 nitrogen and oxygen atoms in total. The zero-order chi connectivity index (χ0) is 39.9. The van der Waals surface area contributed by atoms with Crippen LogP contribution in [-0.2, 0) is 61.1 Å². The minimum Gasteiger partial charge on any atom is -0.340 e. The van der Waals surface area contributed by atoms with Gasteiger partial charge in [-0.15, -0.1) is 5.10 Å². The standard InChI is InChI=1S/C37H51F6N3O10/c1-19-7-9-26-21(3)34(36(38,39)40,51-28-32(26)24(19)11-13-30(5,49-28)53-55-32)47-16-15-46-17-23(44-45-46)18-48-35(37(41,42)43)22(4)27-10-8-20(2)25-12-14-31(6)50-29(52-35)33(25,27)56-54-31/h17,19-22,24-29H,7-16,18H2,1-6H3/t19-,20-,21-,22-,24+,25+,26+,27+,28+,29+,30+,31+,32-,33-,34-,35-/m1/s1. The first-order chi connectivity index (χ1) is 26.2. The Morgan fingerprint density at radius 2 is 1.14 bits per heavy atom. The van der Waals surface area contributed by atoms with E-state index in [2.05, 4.69) is 24.2 Å². The molecule has 316 valence electrons. The lowest BCUT2D eigenvalue weighted by molar-refractivity contribution is -0.599. The lowest BCUT2D eigenvalue weighted by Crippen LogP contribution is -2.76. The molecular weight excluding hydrogens is 760 g/mol. The van der Waals surface area contributed by atoms with E-state index in [1.165, 1.54) is 24.7 Å². The molecule has 56 heavy (non-hydrogen) atoms. The zero-order valence-electron chi connectivity index (χ0n) is 32.3. The van der Waals surface area contributed by atoms with E-state index in [-0.39, 0.29) is 35.9 Å². The highest BCUT2D eigenvalue weighted by atomic mass is 19.4. The van der Waals surface area contributed by atoms with Crippen molar-refractivity contribution in [2.45, 2.75) is 165 Å². The summed E-state index contributed by atoms with van der Waals surface area (Å²) < 4.78 is 128. The zero-order valence-corrected chi connectivity index (χ0v) is 32.3. The van der Waals surface area contributed by atoms with Crippen molar-refractivity contribution in [2.75, 3.05) is 6.61 Å². The van der Waals surface area contributed by atoms with Crippen LogP contribution >= 0.6 is 0 Å². The third kappa shape index (κ3) is 5.50. The maximum absolute atomic E-state index is 15.3. The van der Waals surface area contributed by atoms with E-state index in [0.29, 0.717) is 51.4 Å². The lowest BCUT2D eigenvalue weighted by Gasteiger charge is -2.62. The molecule has 0 amide bonds. The Balaban J connectivity index is 0.918. The predicted octanol–water partition coefficient (Wildman–Crippen LogP) is 7.09. The second-order valence-electron chi connectivity index (χ2n) is 18.1. The van der Waals surface area contributed by atoms with Crippen LogP contribution in [0, 0.1) is 47.3 Å². The van der Waals surface area contributed by atoms with Gasteiger partial charge in [0.2, 0.25) is 11.6 Å². The summed E-state index contributed by atoms with van der Waals surface area (Å²) >= 11 is 0. The topological polar surface area (TPSA) is 123 Å². The van der Waals surface area contributed by atoms with Crippen LogP contribution in [0.15, 0.2) is 6.20 Å². The molecule has 2 aliphatic carbocycles. The summed E-state index contributed by atoms with van der Waals surface area (Å²) in [5, 5.41) is 7.94. The Hall–Kier alpha value is -1.68. The van der Waals surface area contributed by atoms with Crippen LogP contribution in [0.1, 0.15) is 98.6 Å². The number of fused-ring (bicyclic) bond motifs is 4. The van der Waals surface area contributed by atoms with Crippen LogP contribution in [0.3, 0.4) is 0 Å². The van der Waals surface area contributed by atoms with Gasteiger partial charge in [0.15, 0.2) is 23.8 Å². The monoisotopic (exact) mass is 811 g/mol. The molecule has 4 bridgehead atoms. The number of alkyl halides is 6. The fraction of sp³-hybridized carbons (Fsp3) is 0.946. The maximum atomic E-state index is 15.3. The second kappa shape index (κ2) is 12.9. The normalized spacial score (nSPS) is 51.2. The number of ether oxygens (including phenoxy) is 6. The minimum atomic E-state index is -5.00. The van der Waals surface area contributed by atoms with Gasteiger partial charge in [-0.25, -0.2) is 24.2 Å². The van der Waals surface area contributed by atoms with Gasteiger partial charge in [0.05, 0.1) is 26.0 Å². The summed E-state index contributed by atoms with van der Waals surface area (Å²) in [6, 6.07) is 0. The molecule has 10 aliphatic rings. The fourth-order valence-corrected chi connectivity index (χ4v) is 12.0. The van der Waals surface area contributed by atoms with Crippen molar-refractivity contribution in [3.05, 3.63) is 11.9 Å². The van der Waals surface area contributed by atoms with Crippen LogP contribution in [-0.4, -0.2) is 80.9 Å². The fourth-order valence-electron chi connectivity index (χ4n) is 12.0. The third-order valence-corrected chi connectivity index (χ3v) is 15.0. The molecule has 0 unspecified atom stereocenters. The average molecular weight is 812 g/mol. The smallest absolute Gasteiger partial charge is 0.340 e. The summed E-state index contributed by atoms with van der Waals surface area (Å²) in [5.74, 6) is -12.6. The molecule has 8 saturated heterocycles. The van der Waals surface area contributed by atoms with Crippen molar-refractivity contribution in [3.63, 3.8) is 0 Å². The molecule has 1 aromatic heterocycles. The van der Waals surface area contributed by atoms with Gasteiger partial charge in [-0.3, -0.25) is 0 Å². The van der Waals surface area contributed by atoms with Crippen molar-refractivity contribution in [2.24, 2.45) is 47.3 Å². The van der Waals surface area contributed by atoms with E-state index in [4.69, 9.17) is 48.0 Å². The number of halogens is 6. The Morgan fingerprint density at radius 1 is 0.661 bits per heavy atom. The van der Waals surface area contributed by atoms with Gasteiger partial charge in [-0.1, -0.05) is 32.9 Å². The quantitative estimate of drug-likeness (QED) is 0.206. The Kier molecular flexibility index (Phi) is 9.17. The first kappa shape index (κ1) is 39.8. The molecule has 19 heteroatoms. The summed E-state index contributed by atoms with van der Waals surface area (Å²) in [4.78, 5) is 23.5. The Labute approximate surface area is 320 Å². The summed E-state index contributed by atoms with van der Waals surface area (Å²) in [7, 11) is 0. The average Bonchev–Trinajstić information content (AvgIpc) is 3.28. The number of nitrogens with zero attached hydrogens (tertiary/aromatic N) is 3. The first-order valence-corrected chi connectivity index (χ1v) is 20.0. The van der Waals surface area contributed by atoms with Gasteiger partial charge >= 0.3 is 12.4 Å². The molecule has 0 N–H and O–H groups in total. The molecule has 9 heterocycles. The highest BCUT2D eigenvalue weighted by Gasteiger charge is 2.79. The van der Waals surface area contributed by atoms with Gasteiger partial charge in [0.25, 0.3) is 11.6 Å². The van der Waals surface area contributed by atoms with Gasteiger partial charge in [-0.05, 0) is 76.0 Å². The Morgan fingerprint density at radius 3 is 1.62 bits per heavy atom. The highest BCUT2D eigenvalue weighted by Crippen LogP contribution is 2.66. The van der Waals surface area contributed by atoms with Gasteiger partial charge < -0.3 is 28.4 Å². The van der Waals surface area contributed by atoms with Crippen LogP contribution < -0.4 is 0 Å². The van der Waals surface area contributed by atoms with Crippen LogP contribution in [0.4, 0.5) is 26.3 Å². The van der Waals surface area contributed by atoms with E-state index < -0.39 is 96.2 Å². The molecule has 16 atom stereocenters. The molecule has 0 radical (unpaired) electrons. The van der Waals surface area contributed by atoms with Gasteiger partial charge in [0.1, 0.15) is 5.69 Å². The number of hydrogen-bond acceptors (Lipinski definition) is 12. The summed E-state index contributed by atoms with van der Waals surface area (Å²) in [5.41, 5.74) is -2.49. The molecule has 11 rings (SSSR count). The molecule has 8 aliphatic heterocycles. The maximum Gasteiger partial charge on any atom is 0.443 e. The predicted molar refractivity (Wildman–Crippen MR) is 174 cm³/mol. The second-order valence-corrected chi connectivity index (χ2v) is 18.1. The largest absolute Gasteiger partial charge is 0.443 e. The van der Waals surface area contributed by atoms with Crippen LogP contribution in [0.25, 0.3) is 0 Å². The lowest BCUT2D eigenvalue weighted by atomic mass is 9.57. The molecular formula is C37H51F6N3O10. The molecule has 10 fully saturated rings. The third-order valence-electron chi connectivity index (χ3n) is 15.0. The minimum absolute atomic E-state index is 0.0000989. The van der Waals surface area contributed by atoms with Gasteiger partial charge in [0, 0.05) is 36.5 Å². The van der Waals surface area contributed by atoms with Crippen molar-refractivity contribution in [1.82, 2.24) is 15.0 Å². The van der Waals surface area contributed by atoms with Crippen molar-refractivity contribution >= 4 is 0 Å². The van der Waals surface area contributed by atoms with Crippen LogP contribution in [0.2, 0.25) is 0 Å². The molecule has 2 spiro atoms. The van der Waals surface area contributed by atoms with E-state index in [9.17, 15) is 0 Å². The van der Waals surface area contributed by atoms with Crippen LogP contribution in [0.5, 0.6) is 0 Å². The summed E-state index contributed by atoms with van der Waals surface area (Å²) in [6.07, 6.45) is -7.15. The number of aromatic nitrogens is 3. The van der Waals surface area contributed by atoms with E-state index in [1.807, 2.05) is 0 Å². The van der Waals surface area contributed by atoms with E-state index in [1.54, 1.807) is 13.8 Å². The molecule has 0 aromatic carbocycles.